The Morgan fingerprint density at radius 1 is 1.19 bits per heavy atom. The van der Waals surface area contributed by atoms with Gasteiger partial charge < -0.3 is 16.0 Å². The van der Waals surface area contributed by atoms with E-state index in [2.05, 4.69) is 12.2 Å². The molecular formula is C15H28N4O2. The van der Waals surface area contributed by atoms with E-state index in [0.717, 1.165) is 58.4 Å². The van der Waals surface area contributed by atoms with E-state index in [4.69, 9.17) is 5.73 Å². The summed E-state index contributed by atoms with van der Waals surface area (Å²) in [6, 6.07) is 0. The van der Waals surface area contributed by atoms with Gasteiger partial charge in [-0.05, 0) is 32.2 Å². The Balaban J connectivity index is 1.97. The van der Waals surface area contributed by atoms with Crippen LogP contribution in [0.2, 0.25) is 0 Å². The molecule has 2 heterocycles. The van der Waals surface area contributed by atoms with Crippen LogP contribution in [0.1, 0.15) is 32.6 Å². The molecule has 0 aromatic heterocycles. The molecule has 21 heavy (non-hydrogen) atoms. The summed E-state index contributed by atoms with van der Waals surface area (Å²) in [6.45, 7) is 7.28. The minimum Gasteiger partial charge on any atom is -0.369 e. The summed E-state index contributed by atoms with van der Waals surface area (Å²) in [5, 5.41) is 3.38. The molecule has 2 fully saturated rings. The molecule has 1 unspecified atom stereocenters. The molecule has 0 saturated carbocycles. The average Bonchev–Trinajstić information content (AvgIpc) is 2.72. The molecule has 0 aromatic carbocycles. The van der Waals surface area contributed by atoms with Gasteiger partial charge in [0.15, 0.2) is 0 Å². The molecule has 0 aromatic rings. The number of piperidine rings is 1. The van der Waals surface area contributed by atoms with Crippen molar-refractivity contribution in [3.8, 4) is 0 Å². The average molecular weight is 296 g/mol. The molecule has 6 nitrogen and oxygen atoms in total. The van der Waals surface area contributed by atoms with Gasteiger partial charge in [0, 0.05) is 32.7 Å². The fourth-order valence-electron chi connectivity index (χ4n) is 3.49. The van der Waals surface area contributed by atoms with Gasteiger partial charge in [-0.25, -0.2) is 0 Å². The van der Waals surface area contributed by atoms with Crippen molar-refractivity contribution in [2.45, 2.75) is 32.6 Å². The Hall–Kier alpha value is -1.14. The summed E-state index contributed by atoms with van der Waals surface area (Å²) in [6.07, 6.45) is 3.85. The van der Waals surface area contributed by atoms with Crippen molar-refractivity contribution >= 4 is 11.8 Å². The topological polar surface area (TPSA) is 78.7 Å². The second kappa shape index (κ2) is 7.22. The number of hydrogen-bond donors (Lipinski definition) is 2. The Morgan fingerprint density at radius 2 is 2.00 bits per heavy atom. The number of nitrogens with zero attached hydrogens (tertiary/aromatic N) is 2. The third kappa shape index (κ3) is 3.95. The lowest BCUT2D eigenvalue weighted by atomic mass is 9.77. The zero-order valence-electron chi connectivity index (χ0n) is 13.1. The fraction of sp³-hybridized carbons (Fsp3) is 0.867. The Kier molecular flexibility index (Phi) is 5.58. The van der Waals surface area contributed by atoms with Gasteiger partial charge in [0.05, 0.1) is 12.0 Å². The monoisotopic (exact) mass is 296 g/mol. The third-order valence-electron chi connectivity index (χ3n) is 4.86. The summed E-state index contributed by atoms with van der Waals surface area (Å²) in [7, 11) is 0. The van der Waals surface area contributed by atoms with Crippen LogP contribution in [-0.2, 0) is 9.59 Å². The molecule has 0 radical (unpaired) electrons. The zero-order chi connectivity index (χ0) is 15.3. The highest BCUT2D eigenvalue weighted by molar-refractivity contribution is 5.83. The molecular weight excluding hydrogens is 268 g/mol. The number of nitrogens with two attached hydrogens (primary N) is 1. The van der Waals surface area contributed by atoms with Crippen molar-refractivity contribution < 1.29 is 9.59 Å². The van der Waals surface area contributed by atoms with Gasteiger partial charge in [0.1, 0.15) is 0 Å². The first-order chi connectivity index (χ1) is 10.1. The van der Waals surface area contributed by atoms with E-state index < -0.39 is 0 Å². The molecule has 1 atom stereocenters. The van der Waals surface area contributed by atoms with Gasteiger partial charge in [-0.1, -0.05) is 6.92 Å². The molecule has 120 valence electrons. The lowest BCUT2D eigenvalue weighted by Crippen LogP contribution is -2.52. The van der Waals surface area contributed by atoms with Gasteiger partial charge >= 0.3 is 0 Å². The largest absolute Gasteiger partial charge is 0.369 e. The van der Waals surface area contributed by atoms with E-state index in [1.807, 2.05) is 9.80 Å². The zero-order valence-corrected chi connectivity index (χ0v) is 13.1. The lowest BCUT2D eigenvalue weighted by Gasteiger charge is -2.39. The van der Waals surface area contributed by atoms with Gasteiger partial charge in [0.2, 0.25) is 11.8 Å². The molecule has 0 bridgehead atoms. The van der Waals surface area contributed by atoms with Crippen LogP contribution >= 0.6 is 0 Å². The minimum atomic E-state index is -0.295. The maximum atomic E-state index is 13.0. The lowest BCUT2D eigenvalue weighted by molar-refractivity contribution is -0.143. The number of carbonyl (C=O) groups excluding carboxylic acids is 2. The Labute approximate surface area is 127 Å². The summed E-state index contributed by atoms with van der Waals surface area (Å²) >= 11 is 0. The first-order valence-electron chi connectivity index (χ1n) is 8.08. The van der Waals surface area contributed by atoms with Crippen molar-refractivity contribution in [3.05, 3.63) is 0 Å². The molecule has 2 saturated heterocycles. The molecule has 2 amide bonds. The quantitative estimate of drug-likeness (QED) is 0.752. The maximum absolute atomic E-state index is 13.0. The second-order valence-corrected chi connectivity index (χ2v) is 6.30. The molecule has 2 aliphatic heterocycles. The van der Waals surface area contributed by atoms with Crippen LogP contribution in [0.5, 0.6) is 0 Å². The highest BCUT2D eigenvalue weighted by atomic mass is 16.2. The van der Waals surface area contributed by atoms with E-state index in [9.17, 15) is 9.59 Å². The van der Waals surface area contributed by atoms with Crippen LogP contribution in [-0.4, -0.2) is 67.4 Å². The number of amides is 2. The highest BCUT2D eigenvalue weighted by Gasteiger charge is 2.40. The predicted octanol–water partition coefficient (Wildman–Crippen LogP) is -0.214. The fourth-order valence-corrected chi connectivity index (χ4v) is 3.49. The van der Waals surface area contributed by atoms with Gasteiger partial charge in [-0.15, -0.1) is 0 Å². The van der Waals surface area contributed by atoms with E-state index in [0.29, 0.717) is 13.1 Å². The van der Waals surface area contributed by atoms with Crippen LogP contribution in [0.3, 0.4) is 0 Å². The number of carbonyl (C=O) groups is 2. The summed E-state index contributed by atoms with van der Waals surface area (Å²) in [5.74, 6) is -0.00518. The SMILES string of the molecule is CCC1(C(=O)N2CCCN(CC(N)=O)CC2)CCCNC1. The van der Waals surface area contributed by atoms with Crippen LogP contribution in [0.4, 0.5) is 0 Å². The van der Waals surface area contributed by atoms with Crippen molar-refractivity contribution in [1.29, 1.82) is 0 Å². The normalized spacial score (nSPS) is 28.1. The Morgan fingerprint density at radius 3 is 2.62 bits per heavy atom. The van der Waals surface area contributed by atoms with Crippen LogP contribution < -0.4 is 11.1 Å². The predicted molar refractivity (Wildman–Crippen MR) is 81.7 cm³/mol. The van der Waals surface area contributed by atoms with Crippen LogP contribution in [0.15, 0.2) is 0 Å². The number of rotatable bonds is 4. The molecule has 2 rings (SSSR count). The molecule has 6 heteroatoms. The van der Waals surface area contributed by atoms with Crippen LogP contribution in [0, 0.1) is 5.41 Å². The molecule has 3 N–H and O–H groups in total. The molecule has 0 aliphatic carbocycles. The van der Waals surface area contributed by atoms with Gasteiger partial charge in [0.25, 0.3) is 0 Å². The number of hydrogen-bond acceptors (Lipinski definition) is 4. The van der Waals surface area contributed by atoms with Crippen molar-refractivity contribution in [2.75, 3.05) is 45.8 Å². The summed E-state index contributed by atoms with van der Waals surface area (Å²) in [4.78, 5) is 28.0. The van der Waals surface area contributed by atoms with Gasteiger partial charge in [-0.3, -0.25) is 14.5 Å². The first-order valence-corrected chi connectivity index (χ1v) is 8.08. The van der Waals surface area contributed by atoms with Gasteiger partial charge in [-0.2, -0.15) is 0 Å². The van der Waals surface area contributed by atoms with E-state index in [-0.39, 0.29) is 17.2 Å². The van der Waals surface area contributed by atoms with E-state index in [1.54, 1.807) is 0 Å². The molecule has 0 spiro atoms. The molecule has 2 aliphatic rings. The van der Waals surface area contributed by atoms with Crippen molar-refractivity contribution in [1.82, 2.24) is 15.1 Å². The Bertz CT molecular complexity index is 380. The van der Waals surface area contributed by atoms with Crippen molar-refractivity contribution in [3.63, 3.8) is 0 Å². The maximum Gasteiger partial charge on any atom is 0.231 e. The van der Waals surface area contributed by atoms with E-state index in [1.165, 1.54) is 0 Å². The summed E-state index contributed by atoms with van der Waals surface area (Å²) < 4.78 is 0. The summed E-state index contributed by atoms with van der Waals surface area (Å²) in [5.41, 5.74) is 5.03. The third-order valence-corrected chi connectivity index (χ3v) is 4.86. The smallest absolute Gasteiger partial charge is 0.231 e. The van der Waals surface area contributed by atoms with Crippen LogP contribution in [0.25, 0.3) is 0 Å². The van der Waals surface area contributed by atoms with Crippen molar-refractivity contribution in [2.24, 2.45) is 11.1 Å². The standard InChI is InChI=1S/C15H28N4O2/c1-2-15(5-3-6-17-12-15)14(21)19-8-4-7-18(9-10-19)11-13(16)20/h17H,2-12H2,1H3,(H2,16,20). The second-order valence-electron chi connectivity index (χ2n) is 6.30. The van der Waals surface area contributed by atoms with E-state index >= 15 is 0 Å². The minimum absolute atomic E-state index is 0.225. The number of nitrogens with one attached hydrogen (secondary N) is 1. The first kappa shape index (κ1) is 16.2. The number of primary amides is 1. The highest BCUT2D eigenvalue weighted by Crippen LogP contribution is 2.32.